The third-order valence-corrected chi connectivity index (χ3v) is 11.6. The van der Waals surface area contributed by atoms with E-state index in [4.69, 9.17) is 0 Å². The first-order valence-corrected chi connectivity index (χ1v) is 15.0. The molecule has 0 aromatic carbocycles. The van der Waals surface area contributed by atoms with Gasteiger partial charge < -0.3 is 9.90 Å². The summed E-state index contributed by atoms with van der Waals surface area (Å²) in [5.41, 5.74) is -0.895. The number of carbonyl (C=O) groups is 2. The molecule has 4 heteroatoms. The van der Waals surface area contributed by atoms with E-state index in [0.717, 1.165) is 38.5 Å². The van der Waals surface area contributed by atoms with Crippen LogP contribution in [0.1, 0.15) is 134 Å². The summed E-state index contributed by atoms with van der Waals surface area (Å²) in [6, 6.07) is 2.19. The van der Waals surface area contributed by atoms with Gasteiger partial charge in [0.15, 0.2) is 5.78 Å². The molecular formula is C34H57NO3. The van der Waals surface area contributed by atoms with Gasteiger partial charge in [0.05, 0.1) is 5.57 Å². The van der Waals surface area contributed by atoms with Crippen molar-refractivity contribution in [3.8, 4) is 6.07 Å². The van der Waals surface area contributed by atoms with Crippen molar-refractivity contribution in [2.45, 2.75) is 134 Å². The molecule has 1 saturated carbocycles. The summed E-state index contributed by atoms with van der Waals surface area (Å²) >= 11 is 0. The van der Waals surface area contributed by atoms with Gasteiger partial charge in [0.25, 0.3) is 0 Å². The van der Waals surface area contributed by atoms with Gasteiger partial charge in [-0.05, 0) is 90.8 Å². The number of ketones is 2. The zero-order chi connectivity index (χ0) is 29.4. The van der Waals surface area contributed by atoms with Crippen molar-refractivity contribution in [3.63, 3.8) is 0 Å². The number of allylic oxidation sites excluding steroid dienone is 2. The molecule has 0 heterocycles. The van der Waals surface area contributed by atoms with Crippen LogP contribution in [0.4, 0.5) is 0 Å². The Bertz CT molecular complexity index is 967. The average Bonchev–Trinajstić information content (AvgIpc) is 2.81. The molecule has 1 N–H and O–H groups in total. The van der Waals surface area contributed by atoms with Gasteiger partial charge in [0.2, 0.25) is 0 Å². The van der Waals surface area contributed by atoms with Crippen LogP contribution in [0, 0.1) is 55.7 Å². The Labute approximate surface area is 234 Å². The van der Waals surface area contributed by atoms with Crippen LogP contribution >= 0.6 is 0 Å². The maximum absolute atomic E-state index is 13.2. The molecule has 0 aromatic heterocycles. The monoisotopic (exact) mass is 527 g/mol. The predicted molar refractivity (Wildman–Crippen MR) is 156 cm³/mol. The van der Waals surface area contributed by atoms with E-state index in [-0.39, 0.29) is 57.2 Å². The molecule has 0 spiro atoms. The molecule has 2 rings (SSSR count). The number of aliphatic hydroxyl groups excluding tert-OH is 1. The van der Waals surface area contributed by atoms with Crippen molar-refractivity contribution in [3.05, 3.63) is 11.6 Å². The molecule has 0 saturated heterocycles. The normalized spacial score (nSPS) is 31.1. The Balaban J connectivity index is 2.44. The summed E-state index contributed by atoms with van der Waals surface area (Å²) < 4.78 is 0. The Morgan fingerprint density at radius 1 is 1.05 bits per heavy atom. The van der Waals surface area contributed by atoms with Crippen molar-refractivity contribution in [2.24, 2.45) is 44.3 Å². The largest absolute Gasteiger partial charge is 0.396 e. The van der Waals surface area contributed by atoms with E-state index in [9.17, 15) is 20.0 Å². The van der Waals surface area contributed by atoms with Crippen LogP contribution in [0.3, 0.4) is 0 Å². The molecule has 0 unspecified atom stereocenters. The van der Waals surface area contributed by atoms with E-state index in [2.05, 4.69) is 61.5 Å². The van der Waals surface area contributed by atoms with Crippen LogP contribution in [-0.2, 0) is 9.59 Å². The van der Waals surface area contributed by atoms with Crippen LogP contribution in [0.15, 0.2) is 11.6 Å². The Morgan fingerprint density at radius 2 is 1.63 bits per heavy atom. The summed E-state index contributed by atoms with van der Waals surface area (Å²) in [6.45, 7) is 24.2. The highest BCUT2D eigenvalue weighted by Crippen LogP contribution is 2.68. The lowest BCUT2D eigenvalue weighted by atomic mass is 9.39. The van der Waals surface area contributed by atoms with Crippen molar-refractivity contribution in [2.75, 3.05) is 6.61 Å². The van der Waals surface area contributed by atoms with Gasteiger partial charge in [-0.2, -0.15) is 5.26 Å². The Hall–Kier alpha value is -1.47. The molecule has 216 valence electrons. The van der Waals surface area contributed by atoms with E-state index in [1.807, 2.05) is 19.9 Å². The van der Waals surface area contributed by atoms with E-state index in [1.165, 1.54) is 12.8 Å². The topological polar surface area (TPSA) is 78.2 Å². The molecule has 0 aromatic rings. The number of fused-ring (bicyclic) bond motifs is 1. The Morgan fingerprint density at radius 3 is 2.13 bits per heavy atom. The van der Waals surface area contributed by atoms with Crippen LogP contribution in [-0.4, -0.2) is 23.3 Å². The first-order valence-electron chi connectivity index (χ1n) is 15.0. The van der Waals surface area contributed by atoms with E-state index in [1.54, 1.807) is 6.92 Å². The molecule has 38 heavy (non-hydrogen) atoms. The molecule has 2 aliphatic rings. The number of aliphatic hydroxyl groups is 1. The van der Waals surface area contributed by atoms with Crippen LogP contribution < -0.4 is 0 Å². The van der Waals surface area contributed by atoms with E-state index >= 15 is 0 Å². The zero-order valence-corrected chi connectivity index (χ0v) is 26.5. The first kappa shape index (κ1) is 32.7. The fraction of sp³-hybridized carbons (Fsp3) is 0.853. The van der Waals surface area contributed by atoms with Crippen LogP contribution in [0.2, 0.25) is 0 Å². The number of rotatable bonds is 12. The van der Waals surface area contributed by atoms with Crippen LogP contribution in [0.25, 0.3) is 0 Å². The highest BCUT2D eigenvalue weighted by molar-refractivity contribution is 6.04. The van der Waals surface area contributed by atoms with Crippen molar-refractivity contribution in [1.29, 1.82) is 5.26 Å². The molecule has 0 bridgehead atoms. The van der Waals surface area contributed by atoms with Crippen molar-refractivity contribution < 1.29 is 14.7 Å². The summed E-state index contributed by atoms with van der Waals surface area (Å²) in [4.78, 5) is 25.9. The van der Waals surface area contributed by atoms with Gasteiger partial charge in [-0.1, -0.05) is 81.7 Å². The number of nitrogens with zero attached hydrogens (tertiary/aromatic N) is 1. The minimum Gasteiger partial charge on any atom is -0.396 e. The van der Waals surface area contributed by atoms with Gasteiger partial charge in [-0.15, -0.1) is 0 Å². The summed E-state index contributed by atoms with van der Waals surface area (Å²) in [6.07, 6.45) is 10.6. The molecule has 0 amide bonds. The standard InChI is InChI=1S/C34H57NO3/c1-12-14-29(3,4)16-18-32(9,23-36)19-17-30(5,6)34(11)15-13-26-31(7,8)28(38)25(22-35)21-33(26,10)27(34)20-24(2)37/h21,26-27,36H,12-20,23H2,1-11H3/t26-,27+,32-,33-,34+/m0/s1. The minimum atomic E-state index is -0.629. The van der Waals surface area contributed by atoms with Crippen molar-refractivity contribution >= 4 is 11.6 Å². The third kappa shape index (κ3) is 6.14. The fourth-order valence-electron chi connectivity index (χ4n) is 8.33. The number of Topliss-reactive ketones (excluding diaryl/α,β-unsaturated/α-hetero) is 2. The van der Waals surface area contributed by atoms with E-state index < -0.39 is 10.8 Å². The highest BCUT2D eigenvalue weighted by atomic mass is 16.3. The smallest absolute Gasteiger partial charge is 0.178 e. The van der Waals surface area contributed by atoms with Gasteiger partial charge in [0.1, 0.15) is 11.9 Å². The van der Waals surface area contributed by atoms with Crippen LogP contribution in [0.5, 0.6) is 0 Å². The number of hydrogen-bond acceptors (Lipinski definition) is 4. The number of nitriles is 1. The van der Waals surface area contributed by atoms with Gasteiger partial charge >= 0.3 is 0 Å². The average molecular weight is 528 g/mol. The SMILES string of the molecule is CCCC(C)(C)CC[C@](C)(CO)CCC(C)(C)[C@]1(C)CC[C@H]2C(C)(C)C(=O)C(C#N)=C[C@]2(C)[C@H]1CC(C)=O. The third-order valence-electron chi connectivity index (χ3n) is 11.6. The van der Waals surface area contributed by atoms with Crippen molar-refractivity contribution in [1.82, 2.24) is 0 Å². The maximum Gasteiger partial charge on any atom is 0.178 e. The second kappa shape index (κ2) is 11.2. The first-order chi connectivity index (χ1) is 17.2. The lowest BCUT2D eigenvalue weighted by molar-refractivity contribution is -0.156. The van der Waals surface area contributed by atoms with Gasteiger partial charge in [0, 0.05) is 18.4 Å². The van der Waals surface area contributed by atoms with Gasteiger partial charge in [-0.3, -0.25) is 4.79 Å². The highest BCUT2D eigenvalue weighted by Gasteiger charge is 2.63. The minimum absolute atomic E-state index is 0.0286. The second-order valence-electron chi connectivity index (χ2n) is 15.8. The molecule has 4 nitrogen and oxygen atoms in total. The molecule has 2 aliphatic carbocycles. The lowest BCUT2D eigenvalue weighted by Crippen LogP contribution is -2.60. The molecular weight excluding hydrogens is 470 g/mol. The van der Waals surface area contributed by atoms with E-state index in [0.29, 0.717) is 6.42 Å². The number of carbonyl (C=O) groups excluding carboxylic acids is 2. The molecule has 5 atom stereocenters. The second-order valence-corrected chi connectivity index (χ2v) is 15.8. The molecule has 0 radical (unpaired) electrons. The molecule has 0 aliphatic heterocycles. The fourth-order valence-corrected chi connectivity index (χ4v) is 8.33. The lowest BCUT2D eigenvalue weighted by Gasteiger charge is -2.64. The van der Waals surface area contributed by atoms with Gasteiger partial charge in [-0.25, -0.2) is 0 Å². The predicted octanol–water partition coefficient (Wildman–Crippen LogP) is 8.47. The number of hydrogen-bond donors (Lipinski definition) is 1. The summed E-state index contributed by atoms with van der Waals surface area (Å²) in [5, 5.41) is 20.3. The zero-order valence-electron chi connectivity index (χ0n) is 26.5. The summed E-state index contributed by atoms with van der Waals surface area (Å²) in [7, 11) is 0. The molecule has 1 fully saturated rings. The summed E-state index contributed by atoms with van der Waals surface area (Å²) in [5.74, 6) is 0.229. The maximum atomic E-state index is 13.2. The Kier molecular flexibility index (Phi) is 9.64. The quantitative estimate of drug-likeness (QED) is 0.276.